The van der Waals surface area contributed by atoms with Crippen LogP contribution in [0.1, 0.15) is 5.69 Å². The van der Waals surface area contributed by atoms with Crippen LogP contribution in [0.3, 0.4) is 0 Å². The van der Waals surface area contributed by atoms with Crippen molar-refractivity contribution < 1.29 is 5.11 Å². The second-order valence-corrected chi connectivity index (χ2v) is 1.43. The molecule has 9 heavy (non-hydrogen) atoms. The van der Waals surface area contributed by atoms with Gasteiger partial charge >= 0.3 is 0 Å². The van der Waals surface area contributed by atoms with Gasteiger partial charge in [-0.3, -0.25) is 5.10 Å². The van der Waals surface area contributed by atoms with Gasteiger partial charge in [-0.15, -0.1) is 0 Å². The van der Waals surface area contributed by atoms with E-state index in [1.165, 1.54) is 0 Å². The predicted octanol–water partition coefficient (Wildman–Crippen LogP) is -0.247. The molecule has 0 atom stereocenters. The summed E-state index contributed by atoms with van der Waals surface area (Å²) < 4.78 is 0. The van der Waals surface area contributed by atoms with Crippen LogP contribution < -0.4 is 0 Å². The number of aromatic amines is 1. The molecule has 1 rings (SSSR count). The van der Waals surface area contributed by atoms with Crippen LogP contribution in [-0.2, 0) is 0 Å². The lowest BCUT2D eigenvalue weighted by molar-refractivity contribution is 0.350. The lowest BCUT2D eigenvalue weighted by Crippen LogP contribution is -1.75. The summed E-state index contributed by atoms with van der Waals surface area (Å²) in [6.07, 6.45) is 1.61. The van der Waals surface area contributed by atoms with Crippen LogP contribution in [0.2, 0.25) is 0 Å². The smallest absolute Gasteiger partial charge is 0.108 e. The predicted molar refractivity (Wildman–Crippen MR) is 32.6 cm³/mol. The third kappa shape index (κ3) is 1.59. The van der Waals surface area contributed by atoms with Crippen molar-refractivity contribution in [2.24, 2.45) is 0 Å². The maximum absolute atomic E-state index is 8.26. The molecule has 3 nitrogen and oxygen atoms in total. The van der Waals surface area contributed by atoms with Crippen molar-refractivity contribution in [2.45, 2.75) is 0 Å². The van der Waals surface area contributed by atoms with Gasteiger partial charge in [0.1, 0.15) is 12.3 Å². The quantitative estimate of drug-likeness (QED) is 0.466. The van der Waals surface area contributed by atoms with Gasteiger partial charge in [0, 0.05) is 6.20 Å². The number of aromatic nitrogens is 2. The Bertz CT molecular complexity index is 217. The molecule has 0 aliphatic rings. The van der Waals surface area contributed by atoms with Crippen LogP contribution in [0.15, 0.2) is 12.3 Å². The molecule has 0 saturated heterocycles. The number of rotatable bonds is 0. The van der Waals surface area contributed by atoms with Gasteiger partial charge in [-0.25, -0.2) is 0 Å². The average Bonchev–Trinajstić information content (AvgIpc) is 2.34. The van der Waals surface area contributed by atoms with Gasteiger partial charge in [0.2, 0.25) is 0 Å². The van der Waals surface area contributed by atoms with Crippen molar-refractivity contribution in [1.29, 1.82) is 0 Å². The summed E-state index contributed by atoms with van der Waals surface area (Å²) in [7, 11) is 0. The molecule has 1 aromatic rings. The molecule has 0 unspecified atom stereocenters. The molecule has 1 heterocycles. The molecule has 0 bridgehead atoms. The van der Waals surface area contributed by atoms with Crippen LogP contribution in [0.4, 0.5) is 0 Å². The van der Waals surface area contributed by atoms with Gasteiger partial charge < -0.3 is 5.11 Å². The Balaban J connectivity index is 2.67. The number of aliphatic hydroxyl groups excluding tert-OH is 1. The first kappa shape index (κ1) is 5.86. The van der Waals surface area contributed by atoms with E-state index in [-0.39, 0.29) is 6.61 Å². The van der Waals surface area contributed by atoms with Crippen LogP contribution >= 0.6 is 0 Å². The highest BCUT2D eigenvalue weighted by Gasteiger charge is 1.80. The molecule has 0 aliphatic heterocycles. The third-order valence-electron chi connectivity index (χ3n) is 0.803. The highest BCUT2D eigenvalue weighted by Crippen LogP contribution is 1.84. The highest BCUT2D eigenvalue weighted by atomic mass is 16.2. The van der Waals surface area contributed by atoms with Crippen LogP contribution in [0.5, 0.6) is 0 Å². The Labute approximate surface area is 52.7 Å². The Morgan fingerprint density at radius 3 is 3.22 bits per heavy atom. The Hall–Kier alpha value is -1.27. The Morgan fingerprint density at radius 2 is 2.67 bits per heavy atom. The van der Waals surface area contributed by atoms with Gasteiger partial charge in [-0.1, -0.05) is 5.92 Å². The summed E-state index contributed by atoms with van der Waals surface area (Å²) in [6, 6.07) is 1.74. The number of hydrogen-bond acceptors (Lipinski definition) is 2. The average molecular weight is 122 g/mol. The van der Waals surface area contributed by atoms with E-state index in [0.717, 1.165) is 5.69 Å². The van der Waals surface area contributed by atoms with E-state index in [1.54, 1.807) is 12.3 Å². The molecule has 0 fully saturated rings. The van der Waals surface area contributed by atoms with E-state index in [0.29, 0.717) is 0 Å². The molecule has 0 aliphatic carbocycles. The molecule has 0 saturated carbocycles. The number of aliphatic hydroxyl groups is 1. The molecule has 0 aromatic carbocycles. The van der Waals surface area contributed by atoms with E-state index in [4.69, 9.17) is 5.11 Å². The molecule has 0 spiro atoms. The van der Waals surface area contributed by atoms with Crippen molar-refractivity contribution in [3.05, 3.63) is 18.0 Å². The van der Waals surface area contributed by atoms with Gasteiger partial charge in [0.25, 0.3) is 0 Å². The summed E-state index contributed by atoms with van der Waals surface area (Å²) in [5, 5.41) is 14.6. The van der Waals surface area contributed by atoms with Crippen molar-refractivity contribution in [3.8, 4) is 11.8 Å². The van der Waals surface area contributed by atoms with E-state index >= 15 is 0 Å². The Morgan fingerprint density at radius 1 is 1.78 bits per heavy atom. The molecule has 2 N–H and O–H groups in total. The van der Waals surface area contributed by atoms with E-state index in [1.807, 2.05) is 0 Å². The molecular formula is C6H6N2O. The van der Waals surface area contributed by atoms with Crippen molar-refractivity contribution >= 4 is 0 Å². The number of nitrogens with zero attached hydrogens (tertiary/aromatic N) is 1. The van der Waals surface area contributed by atoms with Gasteiger partial charge in [0.15, 0.2) is 0 Å². The van der Waals surface area contributed by atoms with E-state index in [9.17, 15) is 0 Å². The maximum atomic E-state index is 8.26. The van der Waals surface area contributed by atoms with Crippen molar-refractivity contribution in [1.82, 2.24) is 10.2 Å². The first-order chi connectivity index (χ1) is 4.43. The van der Waals surface area contributed by atoms with Gasteiger partial charge in [-0.05, 0) is 12.0 Å². The molecule has 46 valence electrons. The largest absolute Gasteiger partial charge is 0.384 e. The van der Waals surface area contributed by atoms with Crippen LogP contribution in [-0.4, -0.2) is 21.9 Å². The third-order valence-corrected chi connectivity index (χ3v) is 0.803. The monoisotopic (exact) mass is 122 g/mol. The van der Waals surface area contributed by atoms with E-state index < -0.39 is 0 Å². The number of hydrogen-bond donors (Lipinski definition) is 2. The molecule has 1 aromatic heterocycles. The molecule has 0 radical (unpaired) electrons. The standard InChI is InChI=1S/C6H6N2O/c9-5-1-2-6-3-4-7-8-6/h3-4,9H,5H2,(H,7,8). The first-order valence-electron chi connectivity index (χ1n) is 2.52. The zero-order valence-corrected chi connectivity index (χ0v) is 4.76. The summed E-state index contributed by atoms with van der Waals surface area (Å²) in [6.45, 7) is -0.112. The summed E-state index contributed by atoms with van der Waals surface area (Å²) in [5.74, 6) is 5.14. The molecule has 0 amide bonds. The molecular weight excluding hydrogens is 116 g/mol. The summed E-state index contributed by atoms with van der Waals surface area (Å²) in [4.78, 5) is 0. The number of nitrogens with one attached hydrogen (secondary N) is 1. The SMILES string of the molecule is OCC#Cc1ccn[nH]1. The highest BCUT2D eigenvalue weighted by molar-refractivity contribution is 5.25. The fourth-order valence-corrected chi connectivity index (χ4v) is 0.460. The second-order valence-electron chi connectivity index (χ2n) is 1.43. The minimum atomic E-state index is -0.112. The lowest BCUT2D eigenvalue weighted by Gasteiger charge is -1.73. The topological polar surface area (TPSA) is 48.9 Å². The number of H-pyrrole nitrogens is 1. The van der Waals surface area contributed by atoms with Gasteiger partial charge in [0.05, 0.1) is 0 Å². The lowest BCUT2D eigenvalue weighted by atomic mass is 10.4. The van der Waals surface area contributed by atoms with Crippen LogP contribution in [0.25, 0.3) is 0 Å². The Kier molecular flexibility index (Phi) is 1.89. The van der Waals surface area contributed by atoms with Gasteiger partial charge in [-0.2, -0.15) is 5.10 Å². The minimum Gasteiger partial charge on any atom is -0.384 e. The zero-order chi connectivity index (χ0) is 6.53. The van der Waals surface area contributed by atoms with Crippen molar-refractivity contribution in [2.75, 3.05) is 6.61 Å². The zero-order valence-electron chi connectivity index (χ0n) is 4.76. The summed E-state index contributed by atoms with van der Waals surface area (Å²) in [5.41, 5.74) is 0.726. The maximum Gasteiger partial charge on any atom is 0.108 e. The van der Waals surface area contributed by atoms with Crippen molar-refractivity contribution in [3.63, 3.8) is 0 Å². The fourth-order valence-electron chi connectivity index (χ4n) is 0.460. The fraction of sp³-hybridized carbons (Fsp3) is 0.167. The first-order valence-corrected chi connectivity index (χ1v) is 2.52. The second kappa shape index (κ2) is 2.90. The van der Waals surface area contributed by atoms with E-state index in [2.05, 4.69) is 22.0 Å². The van der Waals surface area contributed by atoms with Crippen LogP contribution in [0, 0.1) is 11.8 Å². The summed E-state index contributed by atoms with van der Waals surface area (Å²) >= 11 is 0. The molecule has 3 heteroatoms. The normalized spacial score (nSPS) is 8.11. The minimum absolute atomic E-state index is 0.112.